The third-order valence-corrected chi connectivity index (χ3v) is 5.64. The summed E-state index contributed by atoms with van der Waals surface area (Å²) in [5.41, 5.74) is 3.46. The molecule has 0 N–H and O–H groups in total. The van der Waals surface area contributed by atoms with E-state index in [9.17, 15) is 4.79 Å². The minimum Gasteiger partial charge on any atom is -0.439 e. The fraction of sp³-hybridized carbons (Fsp3) is 0.208. The number of benzene rings is 3. The molecule has 4 atom stereocenters. The Morgan fingerprint density at radius 3 is 1.81 bits per heavy atom. The van der Waals surface area contributed by atoms with Crippen LogP contribution in [0.4, 0.5) is 4.79 Å². The van der Waals surface area contributed by atoms with Gasteiger partial charge in [0.25, 0.3) is 0 Å². The van der Waals surface area contributed by atoms with Crippen molar-refractivity contribution in [2.24, 2.45) is 0 Å². The van der Waals surface area contributed by atoms with Crippen LogP contribution in [0.25, 0.3) is 0 Å². The van der Waals surface area contributed by atoms with Gasteiger partial charge in [-0.15, -0.1) is 0 Å². The molecule has 1 saturated heterocycles. The zero-order valence-corrected chi connectivity index (χ0v) is 14.9. The maximum absolute atomic E-state index is 12.9. The van der Waals surface area contributed by atoms with Crippen LogP contribution in [-0.4, -0.2) is 17.0 Å². The molecule has 0 spiro atoms. The van der Waals surface area contributed by atoms with Crippen molar-refractivity contribution in [1.82, 2.24) is 4.90 Å². The Morgan fingerprint density at radius 1 is 0.704 bits per heavy atom. The van der Waals surface area contributed by atoms with Crippen molar-refractivity contribution in [1.29, 1.82) is 0 Å². The number of cyclic esters (lactones) is 1. The van der Waals surface area contributed by atoms with Crippen molar-refractivity contribution in [2.45, 2.75) is 30.5 Å². The Balaban J connectivity index is 1.51. The topological polar surface area (TPSA) is 29.5 Å². The molecule has 3 aromatic rings. The first-order valence-electron chi connectivity index (χ1n) is 9.47. The van der Waals surface area contributed by atoms with E-state index in [4.69, 9.17) is 4.74 Å². The normalized spacial score (nSPS) is 26.7. The first-order valence-corrected chi connectivity index (χ1v) is 9.47. The van der Waals surface area contributed by atoms with Gasteiger partial charge < -0.3 is 4.74 Å². The summed E-state index contributed by atoms with van der Waals surface area (Å²) in [4.78, 5) is 14.9. The summed E-state index contributed by atoms with van der Waals surface area (Å²) in [6, 6.07) is 30.9. The summed E-state index contributed by atoms with van der Waals surface area (Å²) in [5, 5.41) is 0. The van der Waals surface area contributed by atoms with E-state index in [1.807, 2.05) is 59.5 Å². The molecular weight excluding hydrogens is 334 g/mol. The van der Waals surface area contributed by atoms with E-state index < -0.39 is 0 Å². The van der Waals surface area contributed by atoms with E-state index in [-0.39, 0.29) is 24.3 Å². The molecule has 1 amide bonds. The number of rotatable bonds is 4. The van der Waals surface area contributed by atoms with Crippen LogP contribution in [0, 0.1) is 0 Å². The van der Waals surface area contributed by atoms with E-state index in [0.29, 0.717) is 5.92 Å². The van der Waals surface area contributed by atoms with E-state index in [0.717, 1.165) is 17.5 Å². The van der Waals surface area contributed by atoms with E-state index in [1.165, 1.54) is 5.56 Å². The zero-order valence-electron chi connectivity index (χ0n) is 14.9. The highest BCUT2D eigenvalue weighted by atomic mass is 16.6. The second-order valence-corrected chi connectivity index (χ2v) is 7.30. The molecule has 1 aliphatic heterocycles. The van der Waals surface area contributed by atoms with Gasteiger partial charge >= 0.3 is 6.09 Å². The number of hydrogen-bond acceptors (Lipinski definition) is 2. The van der Waals surface area contributed by atoms with Crippen molar-refractivity contribution in [2.75, 3.05) is 0 Å². The third-order valence-electron chi connectivity index (χ3n) is 5.64. The lowest BCUT2D eigenvalue weighted by molar-refractivity contribution is 0.129. The van der Waals surface area contributed by atoms with Gasteiger partial charge in [0.05, 0.1) is 0 Å². The lowest BCUT2D eigenvalue weighted by Crippen LogP contribution is -2.31. The molecule has 1 aliphatic carbocycles. The monoisotopic (exact) mass is 355 g/mol. The molecule has 5 rings (SSSR count). The Labute approximate surface area is 159 Å². The molecule has 0 unspecified atom stereocenters. The summed E-state index contributed by atoms with van der Waals surface area (Å²) in [7, 11) is 0. The molecule has 2 fully saturated rings. The lowest BCUT2D eigenvalue weighted by Gasteiger charge is -2.26. The molecule has 3 heteroatoms. The van der Waals surface area contributed by atoms with Crippen molar-refractivity contribution in [3.05, 3.63) is 108 Å². The van der Waals surface area contributed by atoms with E-state index in [2.05, 4.69) is 36.4 Å². The number of carbonyl (C=O) groups excluding carboxylic acids is 1. The molecule has 1 heterocycles. The van der Waals surface area contributed by atoms with Gasteiger partial charge in [-0.1, -0.05) is 91.0 Å². The number of amides is 1. The fourth-order valence-electron chi connectivity index (χ4n) is 4.26. The molecule has 0 aromatic heterocycles. The Kier molecular flexibility index (Phi) is 3.93. The van der Waals surface area contributed by atoms with Crippen LogP contribution in [0.2, 0.25) is 0 Å². The summed E-state index contributed by atoms with van der Waals surface area (Å²) < 4.78 is 5.90. The Morgan fingerprint density at radius 2 is 1.22 bits per heavy atom. The lowest BCUT2D eigenvalue weighted by atomic mass is 9.95. The van der Waals surface area contributed by atoms with E-state index >= 15 is 0 Å². The minimum atomic E-state index is -0.280. The summed E-state index contributed by atoms with van der Waals surface area (Å²) in [6.07, 6.45) is 0.503. The van der Waals surface area contributed by atoms with Gasteiger partial charge in [-0.05, 0) is 23.1 Å². The second kappa shape index (κ2) is 6.58. The molecule has 1 saturated carbocycles. The number of ether oxygens (including phenoxy) is 1. The van der Waals surface area contributed by atoms with Crippen LogP contribution in [0.5, 0.6) is 0 Å². The maximum Gasteiger partial charge on any atom is 0.411 e. The summed E-state index contributed by atoms with van der Waals surface area (Å²) >= 11 is 0. The Bertz CT molecular complexity index is 926. The van der Waals surface area contributed by atoms with E-state index in [1.54, 1.807) is 0 Å². The molecule has 0 bridgehead atoms. The first kappa shape index (κ1) is 16.1. The predicted octanol–water partition coefficient (Wildman–Crippen LogP) is 5.48. The van der Waals surface area contributed by atoms with Gasteiger partial charge in [-0.2, -0.15) is 0 Å². The second-order valence-electron chi connectivity index (χ2n) is 7.30. The van der Waals surface area contributed by atoms with Crippen LogP contribution in [0.1, 0.15) is 41.2 Å². The predicted molar refractivity (Wildman–Crippen MR) is 104 cm³/mol. The van der Waals surface area contributed by atoms with Crippen molar-refractivity contribution >= 4 is 6.09 Å². The Hall–Kier alpha value is -3.07. The quantitative estimate of drug-likeness (QED) is 0.620. The molecule has 134 valence electrons. The SMILES string of the molecule is O=C1O[C@H](c2ccccc2)[C@H](c2ccccc2)N1[C@H]1C[C@@H]1c1ccccc1. The van der Waals surface area contributed by atoms with Crippen molar-refractivity contribution in [3.8, 4) is 0 Å². The van der Waals surface area contributed by atoms with Gasteiger partial charge in [0.2, 0.25) is 0 Å². The first-order chi connectivity index (χ1) is 13.3. The third kappa shape index (κ3) is 2.89. The number of hydrogen-bond donors (Lipinski definition) is 0. The van der Waals surface area contributed by atoms with Crippen LogP contribution < -0.4 is 0 Å². The number of carbonyl (C=O) groups is 1. The summed E-state index contributed by atoms with van der Waals surface area (Å²) in [5.74, 6) is 0.388. The van der Waals surface area contributed by atoms with Gasteiger partial charge in [-0.25, -0.2) is 4.79 Å². The number of nitrogens with zero attached hydrogens (tertiary/aromatic N) is 1. The average Bonchev–Trinajstić information content (AvgIpc) is 3.45. The van der Waals surface area contributed by atoms with Gasteiger partial charge in [0.15, 0.2) is 6.10 Å². The molecular formula is C24H21NO2. The summed E-state index contributed by atoms with van der Waals surface area (Å²) in [6.45, 7) is 0. The molecule has 27 heavy (non-hydrogen) atoms. The highest BCUT2D eigenvalue weighted by molar-refractivity contribution is 5.73. The maximum atomic E-state index is 12.9. The highest BCUT2D eigenvalue weighted by Crippen LogP contribution is 2.53. The molecule has 2 aliphatic rings. The largest absolute Gasteiger partial charge is 0.439 e. The zero-order chi connectivity index (χ0) is 18.2. The van der Waals surface area contributed by atoms with Crippen LogP contribution in [-0.2, 0) is 4.74 Å². The van der Waals surface area contributed by atoms with Crippen LogP contribution in [0.15, 0.2) is 91.0 Å². The highest BCUT2D eigenvalue weighted by Gasteiger charge is 2.54. The van der Waals surface area contributed by atoms with Gasteiger partial charge in [0, 0.05) is 12.0 Å². The van der Waals surface area contributed by atoms with Crippen molar-refractivity contribution in [3.63, 3.8) is 0 Å². The smallest absolute Gasteiger partial charge is 0.411 e. The standard InChI is InChI=1S/C24H21NO2/c26-24-25(21-16-20(21)17-10-4-1-5-11-17)22(18-12-6-2-7-13-18)23(27-24)19-14-8-3-9-15-19/h1-15,20-23H,16H2/t20-,21+,22+,23-/m1/s1. The fourth-order valence-corrected chi connectivity index (χ4v) is 4.26. The average molecular weight is 355 g/mol. The van der Waals surface area contributed by atoms with Crippen molar-refractivity contribution < 1.29 is 9.53 Å². The van der Waals surface area contributed by atoms with Gasteiger partial charge in [0.1, 0.15) is 6.04 Å². The molecule has 3 aromatic carbocycles. The molecule has 3 nitrogen and oxygen atoms in total. The molecule has 0 radical (unpaired) electrons. The van der Waals surface area contributed by atoms with Crippen LogP contribution >= 0.6 is 0 Å². The van der Waals surface area contributed by atoms with Crippen LogP contribution in [0.3, 0.4) is 0 Å². The van der Waals surface area contributed by atoms with Gasteiger partial charge in [-0.3, -0.25) is 4.90 Å². The minimum absolute atomic E-state index is 0.0974.